The Morgan fingerprint density at radius 1 is 0.352 bits per heavy atom. The third-order valence-corrected chi connectivity index (χ3v) is 29.0. The van der Waals surface area contributed by atoms with Crippen LogP contribution in [-0.2, 0) is 25.6 Å². The van der Waals surface area contributed by atoms with E-state index in [0.29, 0.717) is 121 Å². The number of thiophene rings is 4. The molecule has 17 heteroatoms. The number of benzene rings is 2. The second kappa shape index (κ2) is 41.2. The van der Waals surface area contributed by atoms with E-state index in [-0.39, 0.29) is 47.3 Å². The normalized spacial score (nSPS) is 15.1. The number of carbonyl (C=O) groups is 4. The molecule has 0 saturated carbocycles. The molecule has 0 aliphatic carbocycles. The van der Waals surface area contributed by atoms with Gasteiger partial charge < -0.3 is 34.5 Å². The summed E-state index contributed by atoms with van der Waals surface area (Å²) in [5.41, 5.74) is 16.8. The lowest BCUT2D eigenvalue weighted by Gasteiger charge is -2.29. The van der Waals surface area contributed by atoms with E-state index in [1.165, 1.54) is 47.5 Å². The SMILES string of the molecule is CCCCCCc1ccc(C#Cc2c3nc(c(C#Cc4ccc(C5=C6C(=O)N(CC(CC)CCCC)C(c7cccs7)=C6C(=O)N5CC(CC)CCCC)s4)c4ccc([nH]4)c(C#Cc4ccc(N(C)C)cc4)c4nc(c(C#Cc5ccc(C6=C7C(=O)N(CC(CC)CCCC)C(c8cccs8)=C7C(=O)N6CC(CC)CCCC)s5)c5ccc2[nH]5)C=C4)C=C3)cc1. The van der Waals surface area contributed by atoms with Crippen molar-refractivity contribution in [1.82, 2.24) is 39.5 Å². The fourth-order valence-corrected chi connectivity index (χ4v) is 21.1. The first-order chi connectivity index (χ1) is 61.1. The highest BCUT2D eigenvalue weighted by molar-refractivity contribution is 7.14. The van der Waals surface area contributed by atoms with Crippen LogP contribution in [0.5, 0.6) is 0 Å². The van der Waals surface area contributed by atoms with Gasteiger partial charge in [-0.05, 0) is 200 Å². The predicted octanol–water partition coefficient (Wildman–Crippen LogP) is 25.2. The largest absolute Gasteiger partial charge is 0.378 e. The molecule has 6 aliphatic heterocycles. The molecule has 13 nitrogen and oxygen atoms in total. The van der Waals surface area contributed by atoms with Crippen LogP contribution in [0.25, 0.3) is 69.2 Å². The summed E-state index contributed by atoms with van der Waals surface area (Å²) in [6.45, 7) is 22.1. The predicted molar refractivity (Wildman–Crippen MR) is 523 cm³/mol. The number of unbranched alkanes of at least 4 members (excludes halogenated alkanes) is 7. The second-order valence-electron chi connectivity index (χ2n) is 34.0. The van der Waals surface area contributed by atoms with Gasteiger partial charge in [0.05, 0.1) is 141 Å². The number of nitrogens with zero attached hydrogens (tertiary/aromatic N) is 7. The summed E-state index contributed by atoms with van der Waals surface area (Å²) in [7, 11) is 4.05. The van der Waals surface area contributed by atoms with E-state index in [0.717, 1.165) is 179 Å². The van der Waals surface area contributed by atoms with Gasteiger partial charge in [0.25, 0.3) is 23.6 Å². The number of hydrogen-bond donors (Lipinski definition) is 2. The zero-order valence-corrected chi connectivity index (χ0v) is 77.7. The molecule has 4 unspecified atom stereocenters. The molecule has 9 aromatic rings. The Morgan fingerprint density at radius 3 is 0.992 bits per heavy atom. The Balaban J connectivity index is 0.902. The molecule has 6 aliphatic rings. The minimum Gasteiger partial charge on any atom is -0.378 e. The monoisotopic (exact) mass is 1730 g/mol. The number of aryl methyl sites for hydroxylation is 1. The molecule has 640 valence electrons. The summed E-state index contributed by atoms with van der Waals surface area (Å²) in [6.07, 6.45) is 30.0. The number of rotatable bonds is 34. The van der Waals surface area contributed by atoms with Gasteiger partial charge in [-0.15, -0.1) is 45.3 Å². The van der Waals surface area contributed by atoms with E-state index in [4.69, 9.17) is 9.97 Å². The molecule has 125 heavy (non-hydrogen) atoms. The number of H-pyrrole nitrogens is 2. The van der Waals surface area contributed by atoms with Crippen LogP contribution in [0.15, 0.2) is 154 Å². The van der Waals surface area contributed by atoms with E-state index in [9.17, 15) is 0 Å². The number of amides is 4. The van der Waals surface area contributed by atoms with Gasteiger partial charge in [0.2, 0.25) is 0 Å². The Hall–Kier alpha value is -11.3. The standard InChI is InChI=1S/C108H115N9O4S4/c1-12-21-26-27-34-75-37-39-76(40-38-75)43-51-81-85-55-59-89(109-85)83(53-47-79-49-63-95(124-79)103-99-97(105(118)116(103)69-73(19-8)32-24-15-4)101(93-35-28-65-122-93)114(107(99)120)67-71(17-6)30-22-13-2)91-61-57-87(111-91)82(52-44-77-41-45-78(46-42-77)113(10)11)88-58-62-92(112-88)84(90-60-56-86(81)110-90)54-48-80-50-64-96(125-80)104-100-98(106(119)117(104)70-74(20-9)33-25-16-5)102(94-36-29-66-123-94)115(108(100)121)68-72(18-7)31-23-14-3/h28-29,35-42,45-46,49-50,55-66,71-74,109,112H,12-27,30-34,67-70H2,1-11H3. The zero-order chi connectivity index (χ0) is 87.2. The molecule has 7 aromatic heterocycles. The molecule has 0 saturated heterocycles. The first kappa shape index (κ1) is 88.6. The van der Waals surface area contributed by atoms with Crippen LogP contribution in [0, 0.1) is 71.0 Å². The summed E-state index contributed by atoms with van der Waals surface area (Å²) >= 11 is 6.16. The topological polar surface area (TPSA) is 142 Å². The van der Waals surface area contributed by atoms with Crippen molar-refractivity contribution >= 4 is 144 Å². The summed E-state index contributed by atoms with van der Waals surface area (Å²) in [5.74, 6) is 29.5. The molecule has 4 atom stereocenters. The van der Waals surface area contributed by atoms with Gasteiger partial charge in [0, 0.05) is 57.1 Å². The van der Waals surface area contributed by atoms with Gasteiger partial charge >= 0.3 is 0 Å². The number of fused-ring (bicyclic) bond motifs is 10. The molecule has 4 amide bonds. The minimum absolute atomic E-state index is 0.109. The highest BCUT2D eigenvalue weighted by Crippen LogP contribution is 2.52. The maximum Gasteiger partial charge on any atom is 0.261 e. The molecule has 2 N–H and O–H groups in total. The van der Waals surface area contributed by atoms with Crippen molar-refractivity contribution in [3.63, 3.8) is 0 Å². The first-order valence-electron chi connectivity index (χ1n) is 45.7. The quantitative estimate of drug-likeness (QED) is 0.0302. The van der Waals surface area contributed by atoms with E-state index < -0.39 is 0 Å². The lowest BCUT2D eigenvalue weighted by Crippen LogP contribution is -2.34. The van der Waals surface area contributed by atoms with E-state index in [1.54, 1.807) is 22.7 Å². The van der Waals surface area contributed by atoms with E-state index in [1.807, 2.05) is 142 Å². The molecule has 0 radical (unpaired) electrons. The summed E-state index contributed by atoms with van der Waals surface area (Å²) in [5, 5.41) is 4.07. The highest BCUT2D eigenvalue weighted by Gasteiger charge is 2.52. The lowest BCUT2D eigenvalue weighted by atomic mass is 9.98. The maximum atomic E-state index is 15.6. The smallest absolute Gasteiger partial charge is 0.261 e. The average molecular weight is 1730 g/mol. The van der Waals surface area contributed by atoms with Crippen LogP contribution in [-0.4, -0.2) is 103 Å². The van der Waals surface area contributed by atoms with Gasteiger partial charge in [-0.2, -0.15) is 0 Å². The van der Waals surface area contributed by atoms with Crippen LogP contribution in [0.3, 0.4) is 0 Å². The fourth-order valence-electron chi connectivity index (χ4n) is 17.7. The summed E-state index contributed by atoms with van der Waals surface area (Å²) < 4.78 is 0. The number of aromatic amines is 2. The number of aromatic nitrogens is 4. The average Bonchev–Trinajstić information content (AvgIpc) is 1.56. The molecular weight excluding hydrogens is 1620 g/mol. The highest BCUT2D eigenvalue weighted by atomic mass is 32.1. The third kappa shape index (κ3) is 19.4. The number of carbonyl (C=O) groups excluding carboxylic acids is 4. The molecule has 0 spiro atoms. The fraction of sp³-hybridized carbons (Fsp3) is 0.370. The van der Waals surface area contributed by atoms with Crippen LogP contribution < -0.4 is 4.90 Å². The van der Waals surface area contributed by atoms with Gasteiger partial charge in [0.15, 0.2) is 0 Å². The van der Waals surface area contributed by atoms with Crippen molar-refractivity contribution in [3.8, 4) is 47.4 Å². The van der Waals surface area contributed by atoms with Gasteiger partial charge in [-0.25, -0.2) is 9.97 Å². The van der Waals surface area contributed by atoms with Crippen molar-refractivity contribution in [2.75, 3.05) is 45.2 Å². The maximum absolute atomic E-state index is 15.6. The van der Waals surface area contributed by atoms with Crippen LogP contribution in [0.2, 0.25) is 0 Å². The Morgan fingerprint density at radius 2 is 0.680 bits per heavy atom. The second-order valence-corrected chi connectivity index (χ2v) is 38.0. The Kier molecular flexibility index (Phi) is 29.2. The number of nitrogens with one attached hydrogen (secondary N) is 2. The Labute approximate surface area is 755 Å². The molecule has 2 aromatic carbocycles. The van der Waals surface area contributed by atoms with Gasteiger partial charge in [-0.3, -0.25) is 19.2 Å². The van der Waals surface area contributed by atoms with E-state index >= 15 is 19.2 Å². The molecule has 0 fully saturated rings. The number of hydrogen-bond acceptors (Lipinski definition) is 11. The first-order valence-corrected chi connectivity index (χ1v) is 49.1. The number of anilines is 1. The van der Waals surface area contributed by atoms with Crippen molar-refractivity contribution in [2.24, 2.45) is 23.7 Å². The lowest BCUT2D eigenvalue weighted by molar-refractivity contribution is -0.124. The van der Waals surface area contributed by atoms with Crippen LogP contribution in [0.4, 0.5) is 5.69 Å². The summed E-state index contributed by atoms with van der Waals surface area (Å²) in [4.78, 5) is 95.9. The van der Waals surface area contributed by atoms with Crippen molar-refractivity contribution < 1.29 is 19.2 Å². The Bertz CT molecular complexity index is 5980. The summed E-state index contributed by atoms with van der Waals surface area (Å²) in [6, 6.07) is 41.3. The van der Waals surface area contributed by atoms with Gasteiger partial charge in [0.1, 0.15) is 0 Å². The van der Waals surface area contributed by atoms with Crippen molar-refractivity contribution in [1.29, 1.82) is 0 Å². The van der Waals surface area contributed by atoms with Gasteiger partial charge in [-0.1, -0.05) is 230 Å². The van der Waals surface area contributed by atoms with Crippen molar-refractivity contribution in [2.45, 2.75) is 197 Å². The third-order valence-electron chi connectivity index (χ3n) is 25.2. The van der Waals surface area contributed by atoms with Crippen molar-refractivity contribution in [3.05, 3.63) is 245 Å². The minimum atomic E-state index is -0.109. The van der Waals surface area contributed by atoms with E-state index in [2.05, 4.69) is 173 Å². The molecule has 13 heterocycles. The molecular formula is C108H115N9O4S4. The molecule has 8 bridgehead atoms. The zero-order valence-electron chi connectivity index (χ0n) is 74.4. The van der Waals surface area contributed by atoms with Crippen LogP contribution in [0.1, 0.15) is 282 Å². The van der Waals surface area contributed by atoms with Crippen LogP contribution >= 0.6 is 45.3 Å². The molecule has 15 rings (SSSR count).